The van der Waals surface area contributed by atoms with Gasteiger partial charge in [-0.3, -0.25) is 19.2 Å². The van der Waals surface area contributed by atoms with Crippen molar-refractivity contribution in [1.82, 2.24) is 20.9 Å². The highest BCUT2D eigenvalue weighted by Gasteiger charge is 2.31. The maximum Gasteiger partial charge on any atom is 0.326 e. The normalized spacial score (nSPS) is 14.2. The Morgan fingerprint density at radius 1 is 0.878 bits per heavy atom. The van der Waals surface area contributed by atoms with Gasteiger partial charge in [0.1, 0.15) is 18.1 Å². The second-order valence-corrected chi connectivity index (χ2v) is 10.5. The molecule has 0 spiro atoms. The summed E-state index contributed by atoms with van der Waals surface area (Å²) in [6, 6.07) is 3.12. The van der Waals surface area contributed by atoms with Crippen LogP contribution in [0.5, 0.6) is 0 Å². The van der Waals surface area contributed by atoms with E-state index in [2.05, 4.69) is 20.9 Å². The Hall–Kier alpha value is -3.97. The quantitative estimate of drug-likeness (QED) is 0.116. The lowest BCUT2D eigenvalue weighted by Gasteiger charge is -2.26. The predicted molar refractivity (Wildman–Crippen MR) is 153 cm³/mol. The smallest absolute Gasteiger partial charge is 0.326 e. The van der Waals surface area contributed by atoms with Gasteiger partial charge in [-0.05, 0) is 62.6 Å². The second kappa shape index (κ2) is 16.3. The summed E-state index contributed by atoms with van der Waals surface area (Å²) in [4.78, 5) is 65.0. The Morgan fingerprint density at radius 3 is 2.15 bits per heavy atom. The molecule has 0 aliphatic heterocycles. The molecular formula is C28H42N6O7. The number of hydrogen-bond donors (Lipinski definition) is 8. The summed E-state index contributed by atoms with van der Waals surface area (Å²) in [6.07, 6.45) is 2.73. The number of nitrogens with two attached hydrogens (primary N) is 2. The maximum absolute atomic E-state index is 13.3. The highest BCUT2D eigenvalue weighted by Crippen LogP contribution is 2.19. The van der Waals surface area contributed by atoms with Crippen molar-refractivity contribution in [2.75, 3.05) is 6.54 Å². The van der Waals surface area contributed by atoms with Gasteiger partial charge >= 0.3 is 11.9 Å². The molecule has 0 saturated carbocycles. The Morgan fingerprint density at radius 2 is 1.51 bits per heavy atom. The highest BCUT2D eigenvalue weighted by atomic mass is 16.4. The topological polar surface area (TPSA) is 230 Å². The van der Waals surface area contributed by atoms with Crippen LogP contribution in [-0.2, 0) is 30.4 Å². The number of rotatable bonds is 18. The Kier molecular flexibility index (Phi) is 13.2. The van der Waals surface area contributed by atoms with Gasteiger partial charge in [0.05, 0.1) is 6.04 Å². The molecule has 2 aromatic rings. The zero-order valence-electron chi connectivity index (χ0n) is 23.5. The van der Waals surface area contributed by atoms with Crippen molar-refractivity contribution in [1.29, 1.82) is 0 Å². The monoisotopic (exact) mass is 574 g/mol. The molecule has 4 atom stereocenters. The number of aromatic nitrogens is 1. The van der Waals surface area contributed by atoms with Gasteiger partial charge in [-0.1, -0.05) is 32.0 Å². The van der Waals surface area contributed by atoms with Gasteiger partial charge in [0.25, 0.3) is 0 Å². The van der Waals surface area contributed by atoms with Gasteiger partial charge in [0, 0.05) is 23.5 Å². The van der Waals surface area contributed by atoms with E-state index in [1.807, 2.05) is 38.1 Å². The highest BCUT2D eigenvalue weighted by molar-refractivity contribution is 5.94. The van der Waals surface area contributed by atoms with E-state index in [-0.39, 0.29) is 31.6 Å². The number of nitrogens with one attached hydrogen (secondary N) is 4. The maximum atomic E-state index is 13.3. The van der Waals surface area contributed by atoms with Crippen molar-refractivity contribution in [3.63, 3.8) is 0 Å². The largest absolute Gasteiger partial charge is 0.481 e. The third-order valence-corrected chi connectivity index (χ3v) is 6.63. The van der Waals surface area contributed by atoms with Gasteiger partial charge in [-0.15, -0.1) is 0 Å². The number of fused-ring (bicyclic) bond motifs is 1. The van der Waals surface area contributed by atoms with Crippen LogP contribution in [0.25, 0.3) is 10.9 Å². The number of benzene rings is 1. The van der Waals surface area contributed by atoms with E-state index < -0.39 is 60.2 Å². The summed E-state index contributed by atoms with van der Waals surface area (Å²) < 4.78 is 0. The molecule has 0 aliphatic carbocycles. The number of hydrogen-bond acceptors (Lipinski definition) is 7. The molecule has 1 aromatic heterocycles. The number of para-hydroxylation sites is 1. The van der Waals surface area contributed by atoms with E-state index in [1.165, 1.54) is 0 Å². The van der Waals surface area contributed by atoms with E-state index in [4.69, 9.17) is 16.6 Å². The second-order valence-electron chi connectivity index (χ2n) is 10.5. The van der Waals surface area contributed by atoms with Crippen LogP contribution in [0.3, 0.4) is 0 Å². The lowest BCUT2D eigenvalue weighted by Crippen LogP contribution is -2.57. The summed E-state index contributed by atoms with van der Waals surface area (Å²) >= 11 is 0. The third-order valence-electron chi connectivity index (χ3n) is 6.63. The first-order chi connectivity index (χ1) is 19.4. The van der Waals surface area contributed by atoms with Crippen molar-refractivity contribution < 1.29 is 34.2 Å². The van der Waals surface area contributed by atoms with Gasteiger partial charge in [-0.25, -0.2) is 4.79 Å². The minimum absolute atomic E-state index is 0.00724. The Bertz CT molecular complexity index is 1200. The first-order valence-corrected chi connectivity index (χ1v) is 13.8. The summed E-state index contributed by atoms with van der Waals surface area (Å²) in [5.74, 6) is -4.49. The van der Waals surface area contributed by atoms with Gasteiger partial charge < -0.3 is 42.6 Å². The van der Waals surface area contributed by atoms with Crippen molar-refractivity contribution in [3.05, 3.63) is 36.0 Å². The van der Waals surface area contributed by atoms with E-state index in [0.29, 0.717) is 19.4 Å². The van der Waals surface area contributed by atoms with Crippen molar-refractivity contribution >= 4 is 40.6 Å². The molecule has 1 heterocycles. The zero-order chi connectivity index (χ0) is 30.5. The molecule has 226 valence electrons. The first kappa shape index (κ1) is 33.2. The lowest BCUT2D eigenvalue weighted by atomic mass is 10.00. The Labute approximate surface area is 238 Å². The SMILES string of the molecule is CC(C)CC(NC(=O)C(N)Cc1c[nH]c2ccccc12)C(=O)NC(CCCCN)C(=O)NC(CCC(=O)O)C(=O)O. The van der Waals surface area contributed by atoms with Crippen LogP contribution < -0.4 is 27.4 Å². The number of H-pyrrole nitrogens is 1. The average Bonchev–Trinajstić information content (AvgIpc) is 3.31. The number of carbonyl (C=O) groups excluding carboxylic acids is 3. The fourth-order valence-corrected chi connectivity index (χ4v) is 4.44. The van der Waals surface area contributed by atoms with Gasteiger partial charge in [0.2, 0.25) is 17.7 Å². The molecule has 10 N–H and O–H groups in total. The molecule has 0 saturated heterocycles. The first-order valence-electron chi connectivity index (χ1n) is 13.8. The average molecular weight is 575 g/mol. The fourth-order valence-electron chi connectivity index (χ4n) is 4.44. The summed E-state index contributed by atoms with van der Waals surface area (Å²) in [6.45, 7) is 4.12. The molecule has 0 aliphatic rings. The van der Waals surface area contributed by atoms with Crippen molar-refractivity contribution in [3.8, 4) is 0 Å². The van der Waals surface area contributed by atoms with Crippen LogP contribution in [0.1, 0.15) is 57.9 Å². The molecule has 1 aromatic carbocycles. The molecule has 41 heavy (non-hydrogen) atoms. The van der Waals surface area contributed by atoms with Crippen LogP contribution in [0.2, 0.25) is 0 Å². The summed E-state index contributed by atoms with van der Waals surface area (Å²) in [5, 5.41) is 26.9. The minimum atomic E-state index is -1.44. The molecule has 13 nitrogen and oxygen atoms in total. The number of carboxylic acids is 2. The number of unbranched alkanes of at least 4 members (excludes halogenated alkanes) is 1. The number of carboxylic acid groups (broad SMARTS) is 2. The van der Waals surface area contributed by atoms with Crippen LogP contribution in [-0.4, -0.2) is 75.6 Å². The molecule has 4 unspecified atom stereocenters. The standard InChI is InChI=1S/C28H42N6O7/c1-16(2)13-23(34-25(37)19(30)14-17-15-31-20-8-4-3-7-18(17)20)27(39)32-21(9-5-6-12-29)26(38)33-22(28(40)41)10-11-24(35)36/h3-4,7-8,15-16,19,21-23,31H,5-6,9-14,29-30H2,1-2H3,(H,32,39)(H,33,38)(H,34,37)(H,35,36)(H,40,41). The van der Waals surface area contributed by atoms with Crippen LogP contribution >= 0.6 is 0 Å². The van der Waals surface area contributed by atoms with Crippen LogP contribution in [0.4, 0.5) is 0 Å². The summed E-state index contributed by atoms with van der Waals surface area (Å²) in [5.41, 5.74) is 13.6. The molecule has 0 fully saturated rings. The molecule has 3 amide bonds. The van der Waals surface area contributed by atoms with E-state index >= 15 is 0 Å². The van der Waals surface area contributed by atoms with Crippen molar-refractivity contribution in [2.24, 2.45) is 17.4 Å². The van der Waals surface area contributed by atoms with E-state index in [1.54, 1.807) is 6.20 Å². The third kappa shape index (κ3) is 10.8. The number of amides is 3. The van der Waals surface area contributed by atoms with Crippen molar-refractivity contribution in [2.45, 2.75) is 83.0 Å². The molecular weight excluding hydrogens is 532 g/mol. The van der Waals surface area contributed by atoms with Crippen LogP contribution in [0, 0.1) is 5.92 Å². The number of aliphatic carboxylic acids is 2. The fraction of sp³-hybridized carbons (Fsp3) is 0.536. The van der Waals surface area contributed by atoms with Crippen LogP contribution in [0.15, 0.2) is 30.5 Å². The number of aromatic amines is 1. The van der Waals surface area contributed by atoms with E-state index in [0.717, 1.165) is 16.5 Å². The van der Waals surface area contributed by atoms with E-state index in [9.17, 15) is 29.1 Å². The molecule has 0 bridgehead atoms. The molecule has 13 heteroatoms. The molecule has 0 radical (unpaired) electrons. The minimum Gasteiger partial charge on any atom is -0.481 e. The Balaban J connectivity index is 2.13. The zero-order valence-corrected chi connectivity index (χ0v) is 23.5. The predicted octanol–water partition coefficient (Wildman–Crippen LogP) is 0.617. The summed E-state index contributed by atoms with van der Waals surface area (Å²) in [7, 11) is 0. The van der Waals surface area contributed by atoms with Gasteiger partial charge in [-0.2, -0.15) is 0 Å². The lowest BCUT2D eigenvalue weighted by molar-refractivity contribution is -0.143. The number of carbonyl (C=O) groups is 5. The molecule has 2 rings (SSSR count). The van der Waals surface area contributed by atoms with Gasteiger partial charge in [0.15, 0.2) is 0 Å².